The van der Waals surface area contributed by atoms with Crippen LogP contribution in [0.5, 0.6) is 0 Å². The number of anilines is 1. The third-order valence-corrected chi connectivity index (χ3v) is 6.88. The molecule has 0 spiro atoms. The molecule has 2 aliphatic rings. The quantitative estimate of drug-likeness (QED) is 0.493. The molecular weight excluding hydrogens is 450 g/mol. The van der Waals surface area contributed by atoms with Gasteiger partial charge in [-0.2, -0.15) is 5.10 Å². The minimum absolute atomic E-state index is 0.0590. The van der Waals surface area contributed by atoms with Crippen molar-refractivity contribution >= 4 is 34.8 Å². The van der Waals surface area contributed by atoms with E-state index in [1.54, 1.807) is 10.9 Å². The second-order valence-corrected chi connectivity index (χ2v) is 9.15. The summed E-state index contributed by atoms with van der Waals surface area (Å²) in [4.78, 5) is 29.1. The van der Waals surface area contributed by atoms with Gasteiger partial charge >= 0.3 is 0 Å². The normalized spacial score (nSPS) is 22.1. The summed E-state index contributed by atoms with van der Waals surface area (Å²) in [6.45, 7) is 6.76. The molecule has 3 N–H and O–H groups in total. The topological polar surface area (TPSA) is 94.5 Å². The highest BCUT2D eigenvalue weighted by Crippen LogP contribution is 2.26. The number of benzene rings is 1. The molecule has 34 heavy (non-hydrogen) atoms. The Morgan fingerprint density at radius 1 is 1.26 bits per heavy atom. The van der Waals surface area contributed by atoms with Gasteiger partial charge in [0.2, 0.25) is 11.8 Å². The molecule has 9 nitrogen and oxygen atoms in total. The zero-order valence-corrected chi connectivity index (χ0v) is 20.6. The Morgan fingerprint density at radius 3 is 2.71 bits per heavy atom. The van der Waals surface area contributed by atoms with Gasteiger partial charge in [-0.1, -0.05) is 0 Å². The van der Waals surface area contributed by atoms with Crippen LogP contribution >= 0.6 is 12.2 Å². The molecule has 0 radical (unpaired) electrons. The minimum atomic E-state index is -0.184. The fourth-order valence-corrected chi connectivity index (χ4v) is 5.13. The molecule has 0 unspecified atom stereocenters. The Bertz CT molecular complexity index is 991. The number of piperazine rings is 1. The van der Waals surface area contributed by atoms with Crippen LogP contribution < -0.4 is 16.0 Å². The van der Waals surface area contributed by atoms with E-state index in [1.165, 1.54) is 0 Å². The molecule has 1 aromatic carbocycles. The maximum absolute atomic E-state index is 12.5. The molecule has 2 fully saturated rings. The first-order valence-electron chi connectivity index (χ1n) is 12.0. The molecule has 182 valence electrons. The van der Waals surface area contributed by atoms with Crippen LogP contribution in [0.15, 0.2) is 42.7 Å². The van der Waals surface area contributed by atoms with E-state index in [9.17, 15) is 9.59 Å². The third-order valence-electron chi connectivity index (χ3n) is 6.66. The SMILES string of the molecule is CCN(CC)C(=O)CC[C@@H]1CNC(=O)[C@@H]2C[C@H](NC(=S)Nc3ccc(-n4cccn4)cc3)CN12. The molecule has 3 atom stereocenters. The first kappa shape index (κ1) is 24.2. The summed E-state index contributed by atoms with van der Waals surface area (Å²) in [6.07, 6.45) is 5.56. The summed E-state index contributed by atoms with van der Waals surface area (Å²) < 4.78 is 1.80. The summed E-state index contributed by atoms with van der Waals surface area (Å²) in [5.74, 6) is 0.236. The first-order chi connectivity index (χ1) is 16.5. The van der Waals surface area contributed by atoms with Crippen LogP contribution in [0, 0.1) is 0 Å². The highest BCUT2D eigenvalue weighted by atomic mass is 32.1. The van der Waals surface area contributed by atoms with Gasteiger partial charge < -0.3 is 20.9 Å². The monoisotopic (exact) mass is 483 g/mol. The molecule has 1 aromatic heterocycles. The second kappa shape index (κ2) is 11.0. The van der Waals surface area contributed by atoms with E-state index in [0.717, 1.165) is 37.4 Å². The number of rotatable bonds is 8. The Balaban J connectivity index is 1.30. The number of carbonyl (C=O) groups excluding carboxylic acids is 2. The van der Waals surface area contributed by atoms with E-state index in [0.29, 0.717) is 24.5 Å². The van der Waals surface area contributed by atoms with Gasteiger partial charge in [-0.3, -0.25) is 14.5 Å². The van der Waals surface area contributed by atoms with Crippen LogP contribution in [0.2, 0.25) is 0 Å². The van der Waals surface area contributed by atoms with Crippen molar-refractivity contribution in [2.24, 2.45) is 0 Å². The van der Waals surface area contributed by atoms with Crippen molar-refractivity contribution in [3.63, 3.8) is 0 Å². The van der Waals surface area contributed by atoms with Crippen molar-refractivity contribution in [3.05, 3.63) is 42.7 Å². The Labute approximate surface area is 205 Å². The first-order valence-corrected chi connectivity index (χ1v) is 12.4. The maximum atomic E-state index is 12.5. The smallest absolute Gasteiger partial charge is 0.237 e. The lowest BCUT2D eigenvalue weighted by atomic mass is 10.0. The van der Waals surface area contributed by atoms with Crippen LogP contribution in [0.25, 0.3) is 5.69 Å². The van der Waals surface area contributed by atoms with Crippen LogP contribution in [0.1, 0.15) is 33.1 Å². The summed E-state index contributed by atoms with van der Waals surface area (Å²) in [6, 6.07) is 9.79. The molecule has 0 saturated carbocycles. The fourth-order valence-electron chi connectivity index (χ4n) is 4.84. The third kappa shape index (κ3) is 5.56. The lowest BCUT2D eigenvalue weighted by Gasteiger charge is -2.37. The molecule has 10 heteroatoms. The van der Waals surface area contributed by atoms with E-state index in [-0.39, 0.29) is 29.9 Å². The summed E-state index contributed by atoms with van der Waals surface area (Å²) >= 11 is 5.54. The molecule has 3 heterocycles. The van der Waals surface area contributed by atoms with Crippen LogP contribution in [-0.2, 0) is 9.59 Å². The van der Waals surface area contributed by atoms with E-state index in [1.807, 2.05) is 55.3 Å². The van der Waals surface area contributed by atoms with Crippen molar-refractivity contribution in [3.8, 4) is 5.69 Å². The van der Waals surface area contributed by atoms with E-state index in [4.69, 9.17) is 12.2 Å². The highest BCUT2D eigenvalue weighted by molar-refractivity contribution is 7.80. The van der Waals surface area contributed by atoms with Crippen LogP contribution in [0.4, 0.5) is 5.69 Å². The number of nitrogens with one attached hydrogen (secondary N) is 3. The molecule has 2 aromatic rings. The average molecular weight is 484 g/mol. The average Bonchev–Trinajstić information content (AvgIpc) is 3.51. The molecule has 4 rings (SSSR count). The number of hydrogen-bond donors (Lipinski definition) is 3. The molecule has 2 amide bonds. The highest BCUT2D eigenvalue weighted by Gasteiger charge is 2.43. The summed E-state index contributed by atoms with van der Waals surface area (Å²) in [7, 11) is 0. The Morgan fingerprint density at radius 2 is 2.03 bits per heavy atom. The van der Waals surface area contributed by atoms with Gasteiger partial charge in [0.15, 0.2) is 5.11 Å². The lowest BCUT2D eigenvalue weighted by molar-refractivity contribution is -0.132. The van der Waals surface area contributed by atoms with Gasteiger partial charge in [-0.05, 0) is 69.2 Å². The Kier molecular flexibility index (Phi) is 7.79. The van der Waals surface area contributed by atoms with Gasteiger partial charge in [0, 0.05) is 62.8 Å². The number of nitrogens with zero attached hydrogens (tertiary/aromatic N) is 4. The second-order valence-electron chi connectivity index (χ2n) is 8.74. The lowest BCUT2D eigenvalue weighted by Crippen LogP contribution is -2.58. The van der Waals surface area contributed by atoms with Gasteiger partial charge in [0.25, 0.3) is 0 Å². The maximum Gasteiger partial charge on any atom is 0.237 e. The van der Waals surface area contributed by atoms with Gasteiger partial charge in [0.1, 0.15) is 0 Å². The number of amides is 2. The molecule has 2 saturated heterocycles. The van der Waals surface area contributed by atoms with Crippen molar-refractivity contribution in [1.29, 1.82) is 0 Å². The molecular formula is C24H33N7O2S. The predicted octanol–water partition coefficient (Wildman–Crippen LogP) is 1.75. The minimum Gasteiger partial charge on any atom is -0.358 e. The number of thiocarbonyl (C=S) groups is 1. The molecule has 0 aliphatic carbocycles. The van der Waals surface area contributed by atoms with E-state index >= 15 is 0 Å². The van der Waals surface area contributed by atoms with Gasteiger partial charge in [0.05, 0.1) is 11.7 Å². The standard InChI is InChI=1S/C24H33N7O2S/c1-3-29(4-2)22(32)11-10-20-15-25-23(33)21-14-18(16-30(20)21)28-24(34)27-17-6-8-19(9-7-17)31-13-5-12-26-31/h5-9,12-13,18,20-21H,3-4,10-11,14-16H2,1-2H3,(H,25,33)(H2,27,28,34)/t18-,20+,21-/m0/s1. The number of aromatic nitrogens is 2. The fraction of sp³-hybridized carbons (Fsp3) is 0.500. The zero-order valence-electron chi connectivity index (χ0n) is 19.7. The van der Waals surface area contributed by atoms with Crippen LogP contribution in [0.3, 0.4) is 0 Å². The van der Waals surface area contributed by atoms with Gasteiger partial charge in [-0.15, -0.1) is 0 Å². The number of carbonyl (C=O) groups is 2. The zero-order chi connectivity index (χ0) is 24.1. The molecule has 2 aliphatic heterocycles. The Hall–Kier alpha value is -2.98. The van der Waals surface area contributed by atoms with Crippen molar-refractivity contribution in [2.75, 3.05) is 31.5 Å². The van der Waals surface area contributed by atoms with Crippen molar-refractivity contribution in [2.45, 2.75) is 51.2 Å². The summed E-state index contributed by atoms with van der Waals surface area (Å²) in [5, 5.41) is 14.4. The van der Waals surface area contributed by atoms with E-state index < -0.39 is 0 Å². The predicted molar refractivity (Wildman–Crippen MR) is 136 cm³/mol. The van der Waals surface area contributed by atoms with Crippen LogP contribution in [-0.4, -0.2) is 80.8 Å². The van der Waals surface area contributed by atoms with Crippen molar-refractivity contribution < 1.29 is 9.59 Å². The number of hydrogen-bond acceptors (Lipinski definition) is 5. The largest absolute Gasteiger partial charge is 0.358 e. The molecule has 0 bridgehead atoms. The van der Waals surface area contributed by atoms with Gasteiger partial charge in [-0.25, -0.2) is 4.68 Å². The number of fused-ring (bicyclic) bond motifs is 1. The summed E-state index contributed by atoms with van der Waals surface area (Å²) in [5.41, 5.74) is 1.85. The van der Waals surface area contributed by atoms with Crippen molar-refractivity contribution in [1.82, 2.24) is 30.2 Å². The van der Waals surface area contributed by atoms with E-state index in [2.05, 4.69) is 25.9 Å².